The van der Waals surface area contributed by atoms with Crippen LogP contribution in [-0.4, -0.2) is 20.0 Å². The van der Waals surface area contributed by atoms with Crippen molar-refractivity contribution in [3.63, 3.8) is 0 Å². The fourth-order valence-corrected chi connectivity index (χ4v) is 2.64. The quantitative estimate of drug-likeness (QED) is 0.839. The summed E-state index contributed by atoms with van der Waals surface area (Å²) in [6.45, 7) is 6.17. The summed E-state index contributed by atoms with van der Waals surface area (Å²) in [5.74, 6) is 1.56. The smallest absolute Gasteiger partial charge is 0.231 e. The van der Waals surface area contributed by atoms with Crippen molar-refractivity contribution in [3.8, 4) is 11.5 Å². The molecule has 1 aromatic rings. The van der Waals surface area contributed by atoms with Crippen LogP contribution < -0.4 is 9.47 Å². The summed E-state index contributed by atoms with van der Waals surface area (Å²) in [5, 5.41) is 0. The van der Waals surface area contributed by atoms with Crippen LogP contribution in [0.1, 0.15) is 38.5 Å². The molecule has 0 radical (unpaired) electrons. The molecule has 3 rings (SSSR count). The molecule has 1 aromatic carbocycles. The summed E-state index contributed by atoms with van der Waals surface area (Å²) in [6.07, 6.45) is 1.98. The maximum absolute atomic E-state index is 5.87. The molecule has 2 aliphatic heterocycles. The fraction of sp³-hybridized carbons (Fsp3) is 0.600. The minimum Gasteiger partial charge on any atom is -0.454 e. The molecule has 2 heterocycles. The zero-order chi connectivity index (χ0) is 13.3. The van der Waals surface area contributed by atoms with Crippen molar-refractivity contribution in [3.05, 3.63) is 23.8 Å². The molecule has 0 atom stereocenters. The fourth-order valence-electron chi connectivity index (χ4n) is 2.64. The van der Waals surface area contributed by atoms with Crippen LogP contribution in [0.4, 0.5) is 0 Å². The van der Waals surface area contributed by atoms with Gasteiger partial charge in [-0.1, -0.05) is 20.3 Å². The highest BCUT2D eigenvalue weighted by Gasteiger charge is 2.33. The average molecular weight is 264 g/mol. The summed E-state index contributed by atoms with van der Waals surface area (Å²) in [5.41, 5.74) is 1.13. The van der Waals surface area contributed by atoms with E-state index in [-0.39, 0.29) is 11.7 Å². The van der Waals surface area contributed by atoms with Gasteiger partial charge in [-0.3, -0.25) is 0 Å². The summed E-state index contributed by atoms with van der Waals surface area (Å²) in [4.78, 5) is 0. The van der Waals surface area contributed by atoms with Crippen LogP contribution >= 0.6 is 0 Å². The monoisotopic (exact) mass is 264 g/mol. The number of rotatable bonds is 3. The first-order valence-corrected chi connectivity index (χ1v) is 6.83. The van der Waals surface area contributed by atoms with Crippen molar-refractivity contribution in [2.24, 2.45) is 5.41 Å². The van der Waals surface area contributed by atoms with Crippen LogP contribution in [0, 0.1) is 5.41 Å². The van der Waals surface area contributed by atoms with Gasteiger partial charge in [0.05, 0.1) is 13.2 Å². The Kier molecular flexibility index (Phi) is 3.37. The molecule has 0 bridgehead atoms. The van der Waals surface area contributed by atoms with Crippen LogP contribution in [0.5, 0.6) is 11.5 Å². The third-order valence-electron chi connectivity index (χ3n) is 3.69. The van der Waals surface area contributed by atoms with E-state index in [1.54, 1.807) is 0 Å². The maximum atomic E-state index is 5.87. The second-order valence-corrected chi connectivity index (χ2v) is 5.63. The number of hydrogen-bond donors (Lipinski definition) is 0. The van der Waals surface area contributed by atoms with Crippen molar-refractivity contribution >= 4 is 0 Å². The van der Waals surface area contributed by atoms with E-state index in [1.165, 1.54) is 0 Å². The van der Waals surface area contributed by atoms with Gasteiger partial charge < -0.3 is 18.9 Å². The topological polar surface area (TPSA) is 36.9 Å². The Morgan fingerprint density at radius 1 is 1.16 bits per heavy atom. The Morgan fingerprint density at radius 2 is 1.89 bits per heavy atom. The number of hydrogen-bond acceptors (Lipinski definition) is 4. The zero-order valence-electron chi connectivity index (χ0n) is 11.5. The van der Waals surface area contributed by atoms with E-state index in [9.17, 15) is 0 Å². The summed E-state index contributed by atoms with van der Waals surface area (Å²) in [7, 11) is 0. The van der Waals surface area contributed by atoms with Crippen LogP contribution in [0.25, 0.3) is 0 Å². The van der Waals surface area contributed by atoms with E-state index in [2.05, 4.69) is 13.8 Å². The number of benzene rings is 1. The van der Waals surface area contributed by atoms with Crippen molar-refractivity contribution in [1.29, 1.82) is 0 Å². The van der Waals surface area contributed by atoms with Gasteiger partial charge in [-0.25, -0.2) is 0 Å². The predicted octanol–water partition coefficient (Wildman–Crippen LogP) is 3.27. The molecule has 0 aliphatic carbocycles. The lowest BCUT2D eigenvalue weighted by atomic mass is 9.87. The van der Waals surface area contributed by atoms with Gasteiger partial charge in [0.15, 0.2) is 17.8 Å². The van der Waals surface area contributed by atoms with E-state index in [0.29, 0.717) is 6.79 Å². The molecule has 0 aromatic heterocycles. The zero-order valence-corrected chi connectivity index (χ0v) is 11.5. The molecule has 1 fully saturated rings. The highest BCUT2D eigenvalue weighted by Crippen LogP contribution is 2.38. The molecular formula is C15H20O4. The molecule has 0 saturated carbocycles. The van der Waals surface area contributed by atoms with Crippen LogP contribution in [-0.2, 0) is 9.47 Å². The van der Waals surface area contributed by atoms with Gasteiger partial charge in [0, 0.05) is 11.0 Å². The van der Waals surface area contributed by atoms with Gasteiger partial charge in [0.2, 0.25) is 6.79 Å². The lowest BCUT2D eigenvalue weighted by Crippen LogP contribution is -2.36. The Labute approximate surface area is 113 Å². The largest absolute Gasteiger partial charge is 0.454 e. The van der Waals surface area contributed by atoms with Crippen molar-refractivity contribution < 1.29 is 18.9 Å². The summed E-state index contributed by atoms with van der Waals surface area (Å²) >= 11 is 0. The lowest BCUT2D eigenvalue weighted by Gasteiger charge is -2.37. The van der Waals surface area contributed by atoms with Crippen molar-refractivity contribution in [2.75, 3.05) is 20.0 Å². The Hall–Kier alpha value is -1.26. The van der Waals surface area contributed by atoms with Crippen molar-refractivity contribution in [1.82, 2.24) is 0 Å². The molecule has 4 heteroatoms. The van der Waals surface area contributed by atoms with Gasteiger partial charge >= 0.3 is 0 Å². The van der Waals surface area contributed by atoms with E-state index < -0.39 is 0 Å². The van der Waals surface area contributed by atoms with Gasteiger partial charge in [-0.05, 0) is 24.6 Å². The van der Waals surface area contributed by atoms with E-state index >= 15 is 0 Å². The molecule has 0 spiro atoms. The highest BCUT2D eigenvalue weighted by atomic mass is 16.7. The second kappa shape index (κ2) is 5.02. The molecule has 19 heavy (non-hydrogen) atoms. The first kappa shape index (κ1) is 12.8. The van der Waals surface area contributed by atoms with Crippen LogP contribution in [0.3, 0.4) is 0 Å². The normalized spacial score (nSPS) is 29.5. The van der Waals surface area contributed by atoms with Gasteiger partial charge in [0.1, 0.15) is 0 Å². The first-order chi connectivity index (χ1) is 9.20. The van der Waals surface area contributed by atoms with Gasteiger partial charge in [-0.2, -0.15) is 0 Å². The molecule has 0 unspecified atom stereocenters. The molecule has 1 saturated heterocycles. The SMILES string of the molecule is CCCC1(C)COC(c2ccc3c(c2)OCO3)OC1. The van der Waals surface area contributed by atoms with Gasteiger partial charge in [0.25, 0.3) is 0 Å². The first-order valence-electron chi connectivity index (χ1n) is 6.83. The Morgan fingerprint density at radius 3 is 2.63 bits per heavy atom. The maximum Gasteiger partial charge on any atom is 0.231 e. The van der Waals surface area contributed by atoms with E-state index in [4.69, 9.17) is 18.9 Å². The highest BCUT2D eigenvalue weighted by molar-refractivity contribution is 5.44. The standard InChI is InChI=1S/C15H20O4/c1-3-6-15(2)8-16-14(17-9-15)11-4-5-12-13(7-11)19-10-18-12/h4-5,7,14H,3,6,8-10H2,1-2H3. The number of fused-ring (bicyclic) bond motifs is 1. The van der Waals surface area contributed by atoms with E-state index in [1.807, 2.05) is 18.2 Å². The van der Waals surface area contributed by atoms with Crippen LogP contribution in [0.15, 0.2) is 18.2 Å². The summed E-state index contributed by atoms with van der Waals surface area (Å²) in [6, 6.07) is 5.82. The molecule has 0 amide bonds. The average Bonchev–Trinajstić information content (AvgIpc) is 2.87. The second-order valence-electron chi connectivity index (χ2n) is 5.63. The summed E-state index contributed by atoms with van der Waals surface area (Å²) < 4.78 is 22.4. The molecule has 0 N–H and O–H groups in total. The Bertz CT molecular complexity index is 449. The Balaban J connectivity index is 1.68. The molecular weight excluding hydrogens is 244 g/mol. The van der Waals surface area contributed by atoms with Crippen molar-refractivity contribution in [2.45, 2.75) is 33.0 Å². The predicted molar refractivity (Wildman–Crippen MR) is 70.2 cm³/mol. The molecule has 2 aliphatic rings. The minimum atomic E-state index is -0.292. The van der Waals surface area contributed by atoms with E-state index in [0.717, 1.165) is 43.1 Å². The minimum absolute atomic E-state index is 0.140. The third-order valence-corrected chi connectivity index (χ3v) is 3.69. The lowest BCUT2D eigenvalue weighted by molar-refractivity contribution is -0.231. The molecule has 104 valence electrons. The third kappa shape index (κ3) is 2.55. The van der Waals surface area contributed by atoms with Gasteiger partial charge in [-0.15, -0.1) is 0 Å². The number of ether oxygens (including phenoxy) is 4. The molecule has 4 nitrogen and oxygen atoms in total. The van der Waals surface area contributed by atoms with Crippen LogP contribution in [0.2, 0.25) is 0 Å².